The van der Waals surface area contributed by atoms with E-state index in [1.54, 1.807) is 6.92 Å². The van der Waals surface area contributed by atoms with Gasteiger partial charge in [0, 0.05) is 25.9 Å². The number of likely N-dealkylation sites (tertiary alicyclic amines) is 1. The Morgan fingerprint density at radius 1 is 1.32 bits per heavy atom. The van der Waals surface area contributed by atoms with Crippen LogP contribution in [0.25, 0.3) is 0 Å². The van der Waals surface area contributed by atoms with E-state index >= 15 is 0 Å². The molecule has 1 heterocycles. The normalized spacial score (nSPS) is 18.1. The highest BCUT2D eigenvalue weighted by Crippen LogP contribution is 2.33. The largest absolute Gasteiger partial charge is 0.393 e. The van der Waals surface area contributed by atoms with Gasteiger partial charge in [0.15, 0.2) is 0 Å². The monoisotopic (exact) mass is 276 g/mol. The number of rotatable bonds is 3. The maximum Gasteiger partial charge on any atom is 0.219 e. The van der Waals surface area contributed by atoms with Crippen molar-refractivity contribution in [3.8, 4) is 0 Å². The zero-order chi connectivity index (χ0) is 13.8. The van der Waals surface area contributed by atoms with E-state index in [9.17, 15) is 4.79 Å². The van der Waals surface area contributed by atoms with Crippen molar-refractivity contribution in [1.29, 1.82) is 0 Å². The summed E-state index contributed by atoms with van der Waals surface area (Å²) in [5.74, 6) is 0.728. The Morgan fingerprint density at radius 2 is 1.89 bits per heavy atom. The van der Waals surface area contributed by atoms with E-state index in [4.69, 9.17) is 18.0 Å². The molecule has 1 aromatic rings. The fourth-order valence-corrected chi connectivity index (χ4v) is 3.21. The second-order valence-electron chi connectivity index (χ2n) is 5.13. The van der Waals surface area contributed by atoms with Crippen LogP contribution in [0.1, 0.15) is 31.2 Å². The van der Waals surface area contributed by atoms with Crippen LogP contribution in [0.15, 0.2) is 30.3 Å². The Bertz CT molecular complexity index is 452. The molecule has 0 saturated carbocycles. The number of hydrogen-bond donors (Lipinski definition) is 1. The molecule has 3 nitrogen and oxygen atoms in total. The van der Waals surface area contributed by atoms with Gasteiger partial charge in [-0.15, -0.1) is 0 Å². The van der Waals surface area contributed by atoms with Gasteiger partial charge in [-0.05, 0) is 24.3 Å². The molecule has 1 aromatic carbocycles. The smallest absolute Gasteiger partial charge is 0.219 e. The molecule has 19 heavy (non-hydrogen) atoms. The summed E-state index contributed by atoms with van der Waals surface area (Å²) < 4.78 is 0. The van der Waals surface area contributed by atoms with Crippen LogP contribution in [0.5, 0.6) is 0 Å². The summed E-state index contributed by atoms with van der Waals surface area (Å²) in [6, 6.07) is 10.2. The minimum Gasteiger partial charge on any atom is -0.393 e. The van der Waals surface area contributed by atoms with Gasteiger partial charge < -0.3 is 10.6 Å². The number of hydrogen-bond acceptors (Lipinski definition) is 2. The van der Waals surface area contributed by atoms with Gasteiger partial charge in [-0.3, -0.25) is 4.79 Å². The zero-order valence-electron chi connectivity index (χ0n) is 11.2. The molecule has 2 N–H and O–H groups in total. The molecule has 0 spiro atoms. The highest BCUT2D eigenvalue weighted by atomic mass is 32.1. The van der Waals surface area contributed by atoms with Crippen molar-refractivity contribution in [2.75, 3.05) is 13.1 Å². The molecule has 0 radical (unpaired) electrons. The highest BCUT2D eigenvalue weighted by Gasteiger charge is 2.29. The second-order valence-corrected chi connectivity index (χ2v) is 5.61. The van der Waals surface area contributed by atoms with Gasteiger partial charge in [-0.1, -0.05) is 42.5 Å². The van der Waals surface area contributed by atoms with Crippen molar-refractivity contribution < 1.29 is 4.79 Å². The predicted octanol–water partition coefficient (Wildman–Crippen LogP) is 2.31. The molecule has 0 aliphatic carbocycles. The van der Waals surface area contributed by atoms with E-state index in [2.05, 4.69) is 12.1 Å². The Labute approximate surface area is 119 Å². The van der Waals surface area contributed by atoms with Crippen LogP contribution >= 0.6 is 12.2 Å². The molecule has 1 amide bonds. The molecular formula is C15H20N2OS. The maximum absolute atomic E-state index is 11.4. The predicted molar refractivity (Wildman–Crippen MR) is 80.9 cm³/mol. The quantitative estimate of drug-likeness (QED) is 0.862. The number of piperidine rings is 1. The summed E-state index contributed by atoms with van der Waals surface area (Å²) in [5, 5.41) is 0. The number of thiocarbonyl (C=S) groups is 1. The number of carbonyl (C=O) groups is 1. The number of nitrogens with two attached hydrogens (primary N) is 1. The van der Waals surface area contributed by atoms with E-state index in [0.717, 1.165) is 25.9 Å². The van der Waals surface area contributed by atoms with Crippen LogP contribution in [0.3, 0.4) is 0 Å². The summed E-state index contributed by atoms with van der Waals surface area (Å²) >= 11 is 5.26. The summed E-state index contributed by atoms with van der Waals surface area (Å²) in [6.45, 7) is 3.25. The molecule has 102 valence electrons. The molecule has 1 unspecified atom stereocenters. The van der Waals surface area contributed by atoms with E-state index in [1.807, 2.05) is 23.1 Å². The Balaban J connectivity index is 2.10. The second kappa shape index (κ2) is 6.15. The summed E-state index contributed by atoms with van der Waals surface area (Å²) in [7, 11) is 0. The number of nitrogens with zero attached hydrogens (tertiary/aromatic N) is 1. The minimum absolute atomic E-state index is 0.130. The van der Waals surface area contributed by atoms with E-state index in [1.165, 1.54) is 5.56 Å². The SMILES string of the molecule is CC(=O)N1CCC(C(C(N)=S)c2ccccc2)CC1. The van der Waals surface area contributed by atoms with Crippen molar-refractivity contribution in [2.24, 2.45) is 11.7 Å². The van der Waals surface area contributed by atoms with E-state index in [-0.39, 0.29) is 11.8 Å². The number of benzene rings is 1. The van der Waals surface area contributed by atoms with Gasteiger partial charge in [0.1, 0.15) is 0 Å². The van der Waals surface area contributed by atoms with Crippen molar-refractivity contribution in [3.05, 3.63) is 35.9 Å². The van der Waals surface area contributed by atoms with Crippen molar-refractivity contribution in [3.63, 3.8) is 0 Å². The summed E-state index contributed by atoms with van der Waals surface area (Å²) in [4.78, 5) is 13.8. The lowest BCUT2D eigenvalue weighted by Crippen LogP contribution is -2.40. The standard InChI is InChI=1S/C15H20N2OS/c1-11(18)17-9-7-13(8-10-17)14(15(16)19)12-5-3-2-4-6-12/h2-6,13-14H,7-10H2,1H3,(H2,16,19). The van der Waals surface area contributed by atoms with Crippen LogP contribution in [-0.4, -0.2) is 28.9 Å². The molecule has 1 aliphatic rings. The number of carbonyl (C=O) groups excluding carboxylic acids is 1. The van der Waals surface area contributed by atoms with Gasteiger partial charge in [0.05, 0.1) is 4.99 Å². The first-order chi connectivity index (χ1) is 9.09. The fraction of sp³-hybridized carbons (Fsp3) is 0.467. The third-order valence-electron chi connectivity index (χ3n) is 3.92. The molecule has 0 aromatic heterocycles. The molecule has 2 rings (SSSR count). The third-order valence-corrected chi connectivity index (χ3v) is 4.18. The van der Waals surface area contributed by atoms with Crippen LogP contribution in [0.2, 0.25) is 0 Å². The lowest BCUT2D eigenvalue weighted by atomic mass is 9.80. The fourth-order valence-electron chi connectivity index (χ4n) is 2.88. The minimum atomic E-state index is 0.130. The third kappa shape index (κ3) is 3.32. The highest BCUT2D eigenvalue weighted by molar-refractivity contribution is 7.80. The van der Waals surface area contributed by atoms with E-state index < -0.39 is 0 Å². The molecule has 1 aliphatic heterocycles. The topological polar surface area (TPSA) is 46.3 Å². The molecule has 1 saturated heterocycles. The Hall–Kier alpha value is -1.42. The van der Waals surface area contributed by atoms with Gasteiger partial charge >= 0.3 is 0 Å². The average Bonchev–Trinajstić information content (AvgIpc) is 2.40. The van der Waals surface area contributed by atoms with Crippen molar-refractivity contribution in [2.45, 2.75) is 25.7 Å². The van der Waals surface area contributed by atoms with E-state index in [0.29, 0.717) is 10.9 Å². The lowest BCUT2D eigenvalue weighted by Gasteiger charge is -2.35. The first-order valence-electron chi connectivity index (χ1n) is 6.69. The average molecular weight is 276 g/mol. The summed E-state index contributed by atoms with van der Waals surface area (Å²) in [5.41, 5.74) is 7.14. The van der Waals surface area contributed by atoms with Crippen LogP contribution in [-0.2, 0) is 4.79 Å². The van der Waals surface area contributed by atoms with Gasteiger partial charge in [-0.2, -0.15) is 0 Å². The molecule has 1 atom stereocenters. The Kier molecular flexibility index (Phi) is 4.53. The zero-order valence-corrected chi connectivity index (χ0v) is 12.0. The van der Waals surface area contributed by atoms with Crippen LogP contribution in [0.4, 0.5) is 0 Å². The van der Waals surface area contributed by atoms with Crippen molar-refractivity contribution in [1.82, 2.24) is 4.90 Å². The van der Waals surface area contributed by atoms with Gasteiger partial charge in [-0.25, -0.2) is 0 Å². The molecule has 4 heteroatoms. The van der Waals surface area contributed by atoms with Gasteiger partial charge in [0.25, 0.3) is 0 Å². The first kappa shape index (κ1) is 14.0. The number of amides is 1. The summed E-state index contributed by atoms with van der Waals surface area (Å²) in [6.07, 6.45) is 1.94. The van der Waals surface area contributed by atoms with Crippen molar-refractivity contribution >= 4 is 23.1 Å². The molecular weight excluding hydrogens is 256 g/mol. The lowest BCUT2D eigenvalue weighted by molar-refractivity contribution is -0.130. The Morgan fingerprint density at radius 3 is 2.37 bits per heavy atom. The molecule has 1 fully saturated rings. The maximum atomic E-state index is 11.4. The van der Waals surface area contributed by atoms with Crippen LogP contribution < -0.4 is 5.73 Å². The van der Waals surface area contributed by atoms with Crippen LogP contribution in [0, 0.1) is 5.92 Å². The van der Waals surface area contributed by atoms with Gasteiger partial charge in [0.2, 0.25) is 5.91 Å². The first-order valence-corrected chi connectivity index (χ1v) is 7.10. The molecule has 0 bridgehead atoms.